The van der Waals surface area contributed by atoms with Crippen LogP contribution in [0.1, 0.15) is 11.4 Å². The highest BCUT2D eigenvalue weighted by molar-refractivity contribution is 7.99. The number of aryl methyl sites for hydroxylation is 1. The fourth-order valence-corrected chi connectivity index (χ4v) is 2.09. The molecule has 0 atom stereocenters. The summed E-state index contributed by atoms with van der Waals surface area (Å²) >= 11 is 1.51. The molecule has 2 heterocycles. The SMILES string of the molecule is Cc1cc(CN)nc(Sc2ccncc2)n1. The third kappa shape index (κ3) is 2.77. The first-order valence-electron chi connectivity index (χ1n) is 4.90. The lowest BCUT2D eigenvalue weighted by atomic mass is 10.3. The maximum absolute atomic E-state index is 5.57. The van der Waals surface area contributed by atoms with Gasteiger partial charge in [-0.15, -0.1) is 0 Å². The number of nitrogens with two attached hydrogens (primary N) is 1. The zero-order chi connectivity index (χ0) is 11.4. The Morgan fingerprint density at radius 3 is 2.69 bits per heavy atom. The van der Waals surface area contributed by atoms with E-state index in [2.05, 4.69) is 15.0 Å². The summed E-state index contributed by atoms with van der Waals surface area (Å²) in [5.74, 6) is 0. The van der Waals surface area contributed by atoms with Crippen molar-refractivity contribution < 1.29 is 0 Å². The minimum atomic E-state index is 0.438. The Labute approximate surface area is 98.3 Å². The van der Waals surface area contributed by atoms with Crippen LogP contribution in [0.15, 0.2) is 40.6 Å². The Morgan fingerprint density at radius 1 is 1.25 bits per heavy atom. The summed E-state index contributed by atoms with van der Waals surface area (Å²) in [7, 11) is 0. The van der Waals surface area contributed by atoms with E-state index in [1.165, 1.54) is 11.8 Å². The minimum absolute atomic E-state index is 0.438. The molecule has 0 amide bonds. The van der Waals surface area contributed by atoms with E-state index in [1.54, 1.807) is 12.4 Å². The molecule has 16 heavy (non-hydrogen) atoms. The van der Waals surface area contributed by atoms with E-state index in [0.29, 0.717) is 6.54 Å². The minimum Gasteiger partial charge on any atom is -0.325 e. The van der Waals surface area contributed by atoms with Gasteiger partial charge in [-0.2, -0.15) is 0 Å². The van der Waals surface area contributed by atoms with E-state index >= 15 is 0 Å². The Kier molecular flexibility index (Phi) is 3.48. The van der Waals surface area contributed by atoms with Gasteiger partial charge < -0.3 is 5.73 Å². The zero-order valence-electron chi connectivity index (χ0n) is 8.92. The average Bonchev–Trinajstić information content (AvgIpc) is 2.29. The Bertz CT molecular complexity index is 473. The highest BCUT2D eigenvalue weighted by atomic mass is 32.2. The van der Waals surface area contributed by atoms with Crippen LogP contribution in [0.3, 0.4) is 0 Å². The number of hydrogen-bond acceptors (Lipinski definition) is 5. The molecule has 0 fully saturated rings. The van der Waals surface area contributed by atoms with E-state index in [0.717, 1.165) is 21.4 Å². The summed E-state index contributed by atoms with van der Waals surface area (Å²) in [6.45, 7) is 2.38. The lowest BCUT2D eigenvalue weighted by molar-refractivity contribution is 0.854. The fourth-order valence-electron chi connectivity index (χ4n) is 1.27. The Balaban J connectivity index is 2.24. The number of hydrogen-bond donors (Lipinski definition) is 1. The molecule has 0 aliphatic carbocycles. The Morgan fingerprint density at radius 2 is 2.00 bits per heavy atom. The molecule has 0 bridgehead atoms. The van der Waals surface area contributed by atoms with E-state index in [-0.39, 0.29) is 0 Å². The number of aromatic nitrogens is 3. The molecule has 0 saturated heterocycles. The maximum atomic E-state index is 5.57. The molecular formula is C11H12N4S. The topological polar surface area (TPSA) is 64.7 Å². The van der Waals surface area contributed by atoms with Gasteiger partial charge in [0.15, 0.2) is 5.16 Å². The third-order valence-corrected chi connectivity index (χ3v) is 2.83. The van der Waals surface area contributed by atoms with Crippen LogP contribution >= 0.6 is 11.8 Å². The van der Waals surface area contributed by atoms with Crippen LogP contribution in [0.4, 0.5) is 0 Å². The molecule has 2 aromatic heterocycles. The van der Waals surface area contributed by atoms with E-state index in [1.807, 2.05) is 25.1 Å². The van der Waals surface area contributed by atoms with Crippen LogP contribution in [0.25, 0.3) is 0 Å². The van der Waals surface area contributed by atoms with Crippen molar-refractivity contribution in [3.05, 3.63) is 42.0 Å². The van der Waals surface area contributed by atoms with Gasteiger partial charge >= 0.3 is 0 Å². The van der Waals surface area contributed by atoms with Crippen LogP contribution in [-0.2, 0) is 6.54 Å². The summed E-state index contributed by atoms with van der Waals surface area (Å²) < 4.78 is 0. The normalized spacial score (nSPS) is 10.4. The average molecular weight is 232 g/mol. The van der Waals surface area contributed by atoms with Gasteiger partial charge in [0.1, 0.15) is 0 Å². The van der Waals surface area contributed by atoms with Gasteiger partial charge in [-0.25, -0.2) is 9.97 Å². The molecule has 5 heteroatoms. The largest absolute Gasteiger partial charge is 0.325 e. The first-order chi connectivity index (χ1) is 7.78. The summed E-state index contributed by atoms with van der Waals surface area (Å²) in [6, 6.07) is 5.76. The quantitative estimate of drug-likeness (QED) is 0.817. The first-order valence-corrected chi connectivity index (χ1v) is 5.72. The monoisotopic (exact) mass is 232 g/mol. The van der Waals surface area contributed by atoms with Crippen molar-refractivity contribution in [2.75, 3.05) is 0 Å². The van der Waals surface area contributed by atoms with Gasteiger partial charge in [0.05, 0.1) is 5.69 Å². The van der Waals surface area contributed by atoms with E-state index in [4.69, 9.17) is 5.73 Å². The molecule has 4 nitrogen and oxygen atoms in total. The zero-order valence-corrected chi connectivity index (χ0v) is 9.74. The lowest BCUT2D eigenvalue weighted by Crippen LogP contribution is -2.02. The maximum Gasteiger partial charge on any atom is 0.192 e. The van der Waals surface area contributed by atoms with Gasteiger partial charge in [-0.3, -0.25) is 4.98 Å². The van der Waals surface area contributed by atoms with Crippen molar-refractivity contribution in [1.82, 2.24) is 15.0 Å². The van der Waals surface area contributed by atoms with E-state index < -0.39 is 0 Å². The van der Waals surface area contributed by atoms with Crippen LogP contribution < -0.4 is 5.73 Å². The molecule has 2 N–H and O–H groups in total. The van der Waals surface area contributed by atoms with Crippen LogP contribution in [-0.4, -0.2) is 15.0 Å². The van der Waals surface area contributed by atoms with E-state index in [9.17, 15) is 0 Å². The molecule has 0 unspecified atom stereocenters. The van der Waals surface area contributed by atoms with Gasteiger partial charge in [-0.05, 0) is 36.9 Å². The molecule has 0 saturated carbocycles. The number of nitrogens with zero attached hydrogens (tertiary/aromatic N) is 3. The smallest absolute Gasteiger partial charge is 0.192 e. The van der Waals surface area contributed by atoms with Crippen LogP contribution in [0.2, 0.25) is 0 Å². The second-order valence-corrected chi connectivity index (χ2v) is 4.31. The van der Waals surface area contributed by atoms with Crippen molar-refractivity contribution in [1.29, 1.82) is 0 Å². The third-order valence-electron chi connectivity index (χ3n) is 1.95. The molecule has 0 radical (unpaired) electrons. The van der Waals surface area contributed by atoms with Crippen molar-refractivity contribution in [2.45, 2.75) is 23.5 Å². The standard InChI is InChI=1S/C11H12N4S/c1-8-6-9(7-12)15-11(14-8)16-10-2-4-13-5-3-10/h2-6H,7,12H2,1H3. The predicted molar refractivity (Wildman–Crippen MR) is 63.0 cm³/mol. The Hall–Kier alpha value is -1.46. The lowest BCUT2D eigenvalue weighted by Gasteiger charge is -2.03. The summed E-state index contributed by atoms with van der Waals surface area (Å²) in [5, 5.41) is 0.728. The van der Waals surface area contributed by atoms with Crippen molar-refractivity contribution in [2.24, 2.45) is 5.73 Å². The predicted octanol–water partition coefficient (Wildman–Crippen LogP) is 1.79. The molecule has 82 valence electrons. The van der Waals surface area contributed by atoms with Crippen molar-refractivity contribution in [3.63, 3.8) is 0 Å². The molecule has 0 aliphatic rings. The molecule has 0 aromatic carbocycles. The molecule has 2 aromatic rings. The number of pyridine rings is 1. The molecule has 0 aliphatic heterocycles. The second-order valence-electron chi connectivity index (χ2n) is 3.27. The summed E-state index contributed by atoms with van der Waals surface area (Å²) in [6.07, 6.45) is 3.50. The highest BCUT2D eigenvalue weighted by Crippen LogP contribution is 2.23. The highest BCUT2D eigenvalue weighted by Gasteiger charge is 2.03. The first kappa shape index (κ1) is 11.0. The molecule has 2 rings (SSSR count). The van der Waals surface area contributed by atoms with Gasteiger partial charge in [-0.1, -0.05) is 0 Å². The summed E-state index contributed by atoms with van der Waals surface area (Å²) in [4.78, 5) is 13.7. The number of rotatable bonds is 3. The van der Waals surface area contributed by atoms with Crippen LogP contribution in [0.5, 0.6) is 0 Å². The summed E-state index contributed by atoms with van der Waals surface area (Å²) in [5.41, 5.74) is 7.37. The van der Waals surface area contributed by atoms with Crippen molar-refractivity contribution in [3.8, 4) is 0 Å². The molecule has 0 spiro atoms. The van der Waals surface area contributed by atoms with Gasteiger partial charge in [0.2, 0.25) is 0 Å². The molecular weight excluding hydrogens is 220 g/mol. The van der Waals surface area contributed by atoms with Crippen molar-refractivity contribution >= 4 is 11.8 Å². The van der Waals surface area contributed by atoms with Gasteiger partial charge in [0.25, 0.3) is 0 Å². The van der Waals surface area contributed by atoms with Gasteiger partial charge in [0, 0.05) is 29.5 Å². The van der Waals surface area contributed by atoms with Crippen LogP contribution in [0, 0.1) is 6.92 Å². The second kappa shape index (κ2) is 5.05. The fraction of sp³-hybridized carbons (Fsp3) is 0.182.